The molecule has 1 fully saturated rings. The molecule has 0 bridgehead atoms. The number of nitrogens with one attached hydrogen (secondary N) is 1. The number of nitrogens with zero attached hydrogens (tertiary/aromatic N) is 1. The van der Waals surface area contributed by atoms with Crippen LogP contribution in [0.1, 0.15) is 49.5 Å². The molecule has 2 nitrogen and oxygen atoms in total. The highest BCUT2D eigenvalue weighted by Gasteiger charge is 2.26. The van der Waals surface area contributed by atoms with Crippen molar-refractivity contribution in [2.45, 2.75) is 58.0 Å². The predicted octanol–water partition coefficient (Wildman–Crippen LogP) is 3.66. The van der Waals surface area contributed by atoms with Crippen molar-refractivity contribution < 1.29 is 0 Å². The zero-order valence-corrected chi connectivity index (χ0v) is 13.6. The van der Waals surface area contributed by atoms with E-state index < -0.39 is 0 Å². The third-order valence-corrected chi connectivity index (χ3v) is 6.03. The highest BCUT2D eigenvalue weighted by Crippen LogP contribution is 2.28. The number of rotatable bonds is 4. The van der Waals surface area contributed by atoms with Crippen LogP contribution in [0.15, 0.2) is 11.4 Å². The Hall–Kier alpha value is -0.380. The monoisotopic (exact) mass is 292 g/mol. The first-order chi connectivity index (χ1) is 9.86. The van der Waals surface area contributed by atoms with Gasteiger partial charge in [0.1, 0.15) is 0 Å². The average Bonchev–Trinajstić information content (AvgIpc) is 2.82. The number of fused-ring (bicyclic) bond motifs is 1. The summed E-state index contributed by atoms with van der Waals surface area (Å²) in [7, 11) is 0. The summed E-state index contributed by atoms with van der Waals surface area (Å²) in [4.78, 5) is 4.33. The molecule has 0 spiro atoms. The molecule has 0 aromatic carbocycles. The molecule has 2 aliphatic rings. The zero-order valence-electron chi connectivity index (χ0n) is 12.7. The molecule has 1 aromatic heterocycles. The predicted molar refractivity (Wildman–Crippen MR) is 87.3 cm³/mol. The van der Waals surface area contributed by atoms with Gasteiger partial charge in [-0.25, -0.2) is 0 Å². The van der Waals surface area contributed by atoms with E-state index in [9.17, 15) is 0 Å². The van der Waals surface area contributed by atoms with Gasteiger partial charge in [-0.15, -0.1) is 11.3 Å². The summed E-state index contributed by atoms with van der Waals surface area (Å²) >= 11 is 1.95. The fourth-order valence-corrected chi connectivity index (χ4v) is 4.82. The lowest BCUT2D eigenvalue weighted by molar-refractivity contribution is 0.182. The van der Waals surface area contributed by atoms with E-state index in [1.54, 1.807) is 10.4 Å². The van der Waals surface area contributed by atoms with Crippen molar-refractivity contribution in [3.63, 3.8) is 0 Å². The Morgan fingerprint density at radius 3 is 3.10 bits per heavy atom. The minimum atomic E-state index is 0.756. The molecule has 2 heterocycles. The summed E-state index contributed by atoms with van der Waals surface area (Å²) in [5.41, 5.74) is 1.59. The number of hydrogen-bond donors (Lipinski definition) is 1. The summed E-state index contributed by atoms with van der Waals surface area (Å²) in [5, 5.41) is 6.02. The van der Waals surface area contributed by atoms with Crippen LogP contribution in [0, 0.1) is 5.92 Å². The van der Waals surface area contributed by atoms with Gasteiger partial charge < -0.3 is 5.32 Å². The Balaban J connectivity index is 1.60. The molecule has 0 saturated heterocycles. The molecule has 3 heteroatoms. The largest absolute Gasteiger partial charge is 0.314 e. The molecular weight excluding hydrogens is 264 g/mol. The summed E-state index contributed by atoms with van der Waals surface area (Å²) in [5.74, 6) is 0.859. The normalized spacial score (nSPS) is 28.1. The second kappa shape index (κ2) is 7.06. The Kier molecular flexibility index (Phi) is 5.14. The van der Waals surface area contributed by atoms with Gasteiger partial charge in [0.15, 0.2) is 0 Å². The highest BCUT2D eigenvalue weighted by molar-refractivity contribution is 7.10. The molecular formula is C17H28N2S. The SMILES string of the molecule is CCNC1CCCCCC1CN1CCc2sccc2C1. The Labute approximate surface area is 127 Å². The lowest BCUT2D eigenvalue weighted by atomic mass is 9.93. The van der Waals surface area contributed by atoms with Crippen molar-refractivity contribution in [1.29, 1.82) is 0 Å². The molecule has 1 N–H and O–H groups in total. The Bertz CT molecular complexity index is 415. The van der Waals surface area contributed by atoms with Crippen molar-refractivity contribution >= 4 is 11.3 Å². The topological polar surface area (TPSA) is 15.3 Å². The van der Waals surface area contributed by atoms with Crippen molar-refractivity contribution in [2.75, 3.05) is 19.6 Å². The van der Waals surface area contributed by atoms with Crippen LogP contribution in [-0.4, -0.2) is 30.6 Å². The van der Waals surface area contributed by atoms with E-state index in [0.29, 0.717) is 0 Å². The summed E-state index contributed by atoms with van der Waals surface area (Å²) < 4.78 is 0. The van der Waals surface area contributed by atoms with E-state index in [4.69, 9.17) is 0 Å². The molecule has 112 valence electrons. The van der Waals surface area contributed by atoms with E-state index in [0.717, 1.165) is 18.5 Å². The molecule has 2 unspecified atom stereocenters. The van der Waals surface area contributed by atoms with E-state index >= 15 is 0 Å². The minimum Gasteiger partial charge on any atom is -0.314 e. The van der Waals surface area contributed by atoms with Crippen LogP contribution < -0.4 is 5.32 Å². The molecule has 1 aromatic rings. The average molecular weight is 292 g/mol. The van der Waals surface area contributed by atoms with Crippen LogP contribution in [0.3, 0.4) is 0 Å². The maximum Gasteiger partial charge on any atom is 0.0245 e. The van der Waals surface area contributed by atoms with E-state index in [1.807, 2.05) is 11.3 Å². The van der Waals surface area contributed by atoms with Crippen LogP contribution in [0.2, 0.25) is 0 Å². The van der Waals surface area contributed by atoms with Crippen molar-refractivity contribution in [1.82, 2.24) is 10.2 Å². The Morgan fingerprint density at radius 1 is 1.30 bits per heavy atom. The van der Waals surface area contributed by atoms with Gasteiger partial charge in [0.05, 0.1) is 0 Å². The lowest BCUT2D eigenvalue weighted by Gasteiger charge is -2.34. The van der Waals surface area contributed by atoms with Crippen LogP contribution in [-0.2, 0) is 13.0 Å². The van der Waals surface area contributed by atoms with Crippen LogP contribution in [0.5, 0.6) is 0 Å². The maximum atomic E-state index is 3.75. The van der Waals surface area contributed by atoms with Gasteiger partial charge >= 0.3 is 0 Å². The van der Waals surface area contributed by atoms with E-state index in [-0.39, 0.29) is 0 Å². The summed E-state index contributed by atoms with van der Waals surface area (Å²) in [6, 6.07) is 3.09. The van der Waals surface area contributed by atoms with E-state index in [2.05, 4.69) is 28.6 Å². The first-order valence-corrected chi connectivity index (χ1v) is 9.25. The fraction of sp³-hybridized carbons (Fsp3) is 0.765. The quantitative estimate of drug-likeness (QED) is 0.852. The fourth-order valence-electron chi connectivity index (χ4n) is 3.93. The van der Waals surface area contributed by atoms with Crippen molar-refractivity contribution in [3.05, 3.63) is 21.9 Å². The van der Waals surface area contributed by atoms with Crippen molar-refractivity contribution in [3.8, 4) is 0 Å². The van der Waals surface area contributed by atoms with Gasteiger partial charge in [-0.3, -0.25) is 4.90 Å². The van der Waals surface area contributed by atoms with Crippen LogP contribution in [0.25, 0.3) is 0 Å². The second-order valence-electron chi connectivity index (χ2n) is 6.42. The van der Waals surface area contributed by atoms with Crippen LogP contribution >= 0.6 is 11.3 Å². The molecule has 20 heavy (non-hydrogen) atoms. The van der Waals surface area contributed by atoms with Crippen molar-refractivity contribution in [2.24, 2.45) is 5.92 Å². The van der Waals surface area contributed by atoms with E-state index in [1.165, 1.54) is 58.2 Å². The van der Waals surface area contributed by atoms with Gasteiger partial charge in [-0.05, 0) is 48.7 Å². The lowest BCUT2D eigenvalue weighted by Crippen LogP contribution is -2.43. The van der Waals surface area contributed by atoms with Gasteiger partial charge in [0.25, 0.3) is 0 Å². The molecule has 1 saturated carbocycles. The first kappa shape index (κ1) is 14.6. The Morgan fingerprint density at radius 2 is 2.20 bits per heavy atom. The van der Waals surface area contributed by atoms with Crippen LogP contribution in [0.4, 0.5) is 0 Å². The second-order valence-corrected chi connectivity index (χ2v) is 7.42. The molecule has 2 atom stereocenters. The first-order valence-electron chi connectivity index (χ1n) is 8.38. The van der Waals surface area contributed by atoms with Gasteiger partial charge in [0, 0.05) is 30.6 Å². The highest BCUT2D eigenvalue weighted by atomic mass is 32.1. The molecule has 1 aliphatic carbocycles. The maximum absolute atomic E-state index is 3.75. The third-order valence-electron chi connectivity index (χ3n) is 5.00. The number of thiophene rings is 1. The molecule has 1 aliphatic heterocycles. The molecule has 0 radical (unpaired) electrons. The number of hydrogen-bond acceptors (Lipinski definition) is 3. The molecule has 0 amide bonds. The zero-order chi connectivity index (χ0) is 13.8. The molecule has 3 rings (SSSR count). The third kappa shape index (κ3) is 3.44. The summed E-state index contributed by atoms with van der Waals surface area (Å²) in [6.45, 7) is 7.13. The standard InChI is InChI=1S/C17H28N2S/c1-2-18-16-7-5-3-4-6-14(16)12-19-10-8-17-15(13-19)9-11-20-17/h9,11,14,16,18H,2-8,10,12-13H2,1H3. The minimum absolute atomic E-state index is 0.756. The smallest absolute Gasteiger partial charge is 0.0245 e. The summed E-state index contributed by atoms with van der Waals surface area (Å²) in [6.07, 6.45) is 8.37. The van der Waals surface area contributed by atoms with Gasteiger partial charge in [0.2, 0.25) is 0 Å². The van der Waals surface area contributed by atoms with Gasteiger partial charge in [-0.1, -0.05) is 26.2 Å². The van der Waals surface area contributed by atoms with Gasteiger partial charge in [-0.2, -0.15) is 0 Å².